The normalized spacial score (nSPS) is 16.3. The number of rotatable bonds is 55. The molecular weight excluding hydrogens is 945 g/mol. The Hall–Kier alpha value is 1.10. The van der Waals surface area contributed by atoms with Gasteiger partial charge in [-0.1, -0.05) is 291 Å². The summed E-state index contributed by atoms with van der Waals surface area (Å²) in [6, 6.07) is 5.60. The van der Waals surface area contributed by atoms with Crippen LogP contribution in [0.25, 0.3) is 0 Å². The molecule has 0 aliphatic carbocycles. The molecule has 416 valence electrons. The zero-order valence-corrected chi connectivity index (χ0v) is 56.1. The Kier molecular flexibility index (Phi) is 46.0. The smallest absolute Gasteiger partial charge is 0.317 e. The number of hydrogen-bond donors (Lipinski definition) is 0. The monoisotopic (exact) mass is 1070 g/mol. The van der Waals surface area contributed by atoms with Crippen molar-refractivity contribution in [1.82, 2.24) is 0 Å². The molecule has 11 heteroatoms. The first kappa shape index (κ1) is 70.1. The Morgan fingerprint density at radius 3 is 0.710 bits per heavy atom. The highest BCUT2D eigenvalue weighted by Gasteiger charge is 2.51. The van der Waals surface area contributed by atoms with Gasteiger partial charge in [0, 0.05) is 0 Å². The lowest BCUT2D eigenvalue weighted by atomic mass is 10.1. The fourth-order valence-corrected chi connectivity index (χ4v) is 40.9. The van der Waals surface area contributed by atoms with E-state index in [0.717, 1.165) is 24.2 Å². The first-order valence-electron chi connectivity index (χ1n) is 31.5. The zero-order valence-electron chi connectivity index (χ0n) is 49.9. The summed E-state index contributed by atoms with van der Waals surface area (Å²) >= 11 is 0. The fourth-order valence-electron chi connectivity index (χ4n) is 10.9. The molecule has 0 rings (SSSR count). The molecule has 0 saturated heterocycles. The van der Waals surface area contributed by atoms with Crippen LogP contribution in [0.4, 0.5) is 0 Å². The summed E-state index contributed by atoms with van der Waals surface area (Å²) in [4.78, 5) is 0. The van der Waals surface area contributed by atoms with Gasteiger partial charge < -0.3 is 20.6 Å². The molecule has 69 heavy (non-hydrogen) atoms. The van der Waals surface area contributed by atoms with Crippen molar-refractivity contribution >= 4 is 51.6 Å². The van der Waals surface area contributed by atoms with Crippen molar-refractivity contribution in [2.75, 3.05) is 0 Å². The molecule has 5 atom stereocenters. The van der Waals surface area contributed by atoms with Crippen LogP contribution in [0.15, 0.2) is 0 Å². The first-order valence-corrected chi connectivity index (χ1v) is 47.5. The van der Waals surface area contributed by atoms with Gasteiger partial charge in [-0.3, -0.25) is 0 Å². The van der Waals surface area contributed by atoms with Gasteiger partial charge in [-0.25, -0.2) is 0 Å². The molecule has 0 aliphatic heterocycles. The molecule has 0 heterocycles. The van der Waals surface area contributed by atoms with Crippen molar-refractivity contribution in [3.8, 4) is 0 Å². The summed E-state index contributed by atoms with van der Waals surface area (Å²) in [6.45, 7) is 31.2. The lowest BCUT2D eigenvalue weighted by Gasteiger charge is -2.46. The summed E-state index contributed by atoms with van der Waals surface area (Å²) < 4.78 is 38.7. The molecule has 0 saturated carbocycles. The maximum absolute atomic E-state index is 8.02. The summed E-state index contributed by atoms with van der Waals surface area (Å²) in [7, 11) is -13.9. The van der Waals surface area contributed by atoms with Gasteiger partial charge in [0.2, 0.25) is 0 Å². The summed E-state index contributed by atoms with van der Waals surface area (Å²) in [5, 5.41) is 0. The quantitative estimate of drug-likeness (QED) is 0.0449. The molecule has 0 aromatic heterocycles. The van der Waals surface area contributed by atoms with Gasteiger partial charge in [-0.05, 0) is 82.6 Å². The average Bonchev–Trinajstić information content (AvgIpc) is 3.27. The van der Waals surface area contributed by atoms with Crippen LogP contribution in [0.1, 0.15) is 291 Å². The second kappa shape index (κ2) is 45.3. The molecule has 0 radical (unpaired) electrons. The van der Waals surface area contributed by atoms with Gasteiger partial charge in [0.25, 0.3) is 0 Å². The highest BCUT2D eigenvalue weighted by molar-refractivity contribution is 6.91. The van der Waals surface area contributed by atoms with Crippen molar-refractivity contribution < 1.29 is 20.6 Å². The minimum atomic E-state index is -2.75. The maximum atomic E-state index is 8.02. The van der Waals surface area contributed by atoms with E-state index in [1.807, 2.05) is 0 Å². The molecule has 0 aliphatic rings. The second-order valence-electron chi connectivity index (χ2n) is 24.1. The Morgan fingerprint density at radius 2 is 0.449 bits per heavy atom. The van der Waals surface area contributed by atoms with E-state index in [2.05, 4.69) is 87.0 Å². The molecule has 0 amide bonds. The van der Waals surface area contributed by atoms with Gasteiger partial charge in [0.15, 0.2) is 17.4 Å². The fraction of sp³-hybridized carbons (Fsp3) is 1.00. The van der Waals surface area contributed by atoms with E-state index in [1.54, 1.807) is 0 Å². The van der Waals surface area contributed by atoms with Crippen LogP contribution < -0.4 is 0 Å². The summed E-state index contributed by atoms with van der Waals surface area (Å²) in [5.41, 5.74) is 0. The third-order valence-electron chi connectivity index (χ3n) is 14.7. The van der Waals surface area contributed by atoms with Gasteiger partial charge in [-0.2, -0.15) is 0 Å². The van der Waals surface area contributed by atoms with Crippen molar-refractivity contribution in [2.24, 2.45) is 0 Å². The van der Waals surface area contributed by atoms with Gasteiger partial charge in [0.05, 0.1) is 0 Å². The molecule has 0 aromatic rings. The van der Waals surface area contributed by atoms with Crippen molar-refractivity contribution in [1.29, 1.82) is 0 Å². The molecule has 0 aromatic carbocycles. The van der Waals surface area contributed by atoms with Crippen LogP contribution in [0, 0.1) is 0 Å². The minimum Gasteiger partial charge on any atom is -0.439 e. The molecule has 0 N–H and O–H groups in total. The standard InChI is InChI=1S/C58H130O5Si6/c1-14-19-24-29-34-39-44-49-54-64(6)59-66(10,55-50-45-40-35-30-25-20-15-2)61-68(12,57-52-47-42-37-32-27-22-17-4)63-69(13,58-53-48-43-38-33-28-23-18-5)62-67(11,60-65(7,8)9)56-51-46-41-36-31-26-21-16-3/h64H,14-58H2,1-13H3. The Labute approximate surface area is 443 Å². The molecule has 0 fully saturated rings. The molecule has 0 spiro atoms. The van der Waals surface area contributed by atoms with E-state index in [4.69, 9.17) is 20.6 Å². The predicted molar refractivity (Wildman–Crippen MR) is 325 cm³/mol. The number of unbranched alkanes of at least 4 members (excludes halogenated alkanes) is 35. The van der Waals surface area contributed by atoms with Gasteiger partial charge in [0.1, 0.15) is 0 Å². The maximum Gasteiger partial charge on any atom is 0.317 e. The molecule has 5 unspecified atom stereocenters. The topological polar surface area (TPSA) is 46.2 Å². The highest BCUT2D eigenvalue weighted by atomic mass is 28.5. The summed E-state index contributed by atoms with van der Waals surface area (Å²) in [6.07, 6.45) is 53.7. The van der Waals surface area contributed by atoms with E-state index < -0.39 is 51.6 Å². The van der Waals surface area contributed by atoms with Crippen LogP contribution in [-0.2, 0) is 20.6 Å². The van der Waals surface area contributed by atoms with Crippen molar-refractivity contribution in [3.63, 3.8) is 0 Å². The van der Waals surface area contributed by atoms with Crippen molar-refractivity contribution in [3.05, 3.63) is 0 Å². The SMILES string of the molecule is CCCCCCCCCC[SiH](C)O[Si](C)(CCCCCCCCCC)O[Si](C)(CCCCCCCCCC)O[Si](C)(CCCCCCCCCC)O[Si](C)(CCCCCCCCCC)O[Si](C)(C)C. The average molecular weight is 1080 g/mol. The van der Waals surface area contributed by atoms with Gasteiger partial charge >= 0.3 is 34.2 Å². The molecule has 0 bridgehead atoms. The zero-order chi connectivity index (χ0) is 51.4. The lowest BCUT2D eigenvalue weighted by molar-refractivity contribution is 0.264. The van der Waals surface area contributed by atoms with E-state index in [0.29, 0.717) is 0 Å². The Morgan fingerprint density at radius 1 is 0.246 bits per heavy atom. The van der Waals surface area contributed by atoms with Crippen LogP contribution in [0.3, 0.4) is 0 Å². The van der Waals surface area contributed by atoms with E-state index in [9.17, 15) is 0 Å². The van der Waals surface area contributed by atoms with E-state index >= 15 is 0 Å². The molecule has 5 nitrogen and oxygen atoms in total. The largest absolute Gasteiger partial charge is 0.439 e. The molecular formula is C58H130O5Si6. The number of hydrogen-bond acceptors (Lipinski definition) is 5. The van der Waals surface area contributed by atoms with Crippen molar-refractivity contribution in [2.45, 2.75) is 374 Å². The Bertz CT molecular complexity index is 1100. The van der Waals surface area contributed by atoms with Crippen LogP contribution in [0.2, 0.25) is 82.6 Å². The highest BCUT2D eigenvalue weighted by Crippen LogP contribution is 2.37. The second-order valence-corrected chi connectivity index (χ2v) is 45.8. The summed E-state index contributed by atoms with van der Waals surface area (Å²) in [5.74, 6) is 0. The van der Waals surface area contributed by atoms with Crippen LogP contribution in [0.5, 0.6) is 0 Å². The lowest BCUT2D eigenvalue weighted by Crippen LogP contribution is -2.62. The third-order valence-corrected chi connectivity index (χ3v) is 39.1. The van der Waals surface area contributed by atoms with E-state index in [-0.39, 0.29) is 0 Å². The predicted octanol–water partition coefficient (Wildman–Crippen LogP) is 22.2. The van der Waals surface area contributed by atoms with Gasteiger partial charge in [-0.15, -0.1) is 0 Å². The van der Waals surface area contributed by atoms with Crippen LogP contribution in [-0.4, -0.2) is 51.6 Å². The minimum absolute atomic E-state index is 1.06. The Balaban J connectivity index is 6.76. The first-order chi connectivity index (χ1) is 33.0. The van der Waals surface area contributed by atoms with Crippen LogP contribution >= 0.6 is 0 Å². The third kappa shape index (κ3) is 44.0. The van der Waals surface area contributed by atoms with E-state index in [1.165, 1.54) is 263 Å².